The monoisotopic (exact) mass is 247 g/mol. The molecule has 0 amide bonds. The van der Waals surface area contributed by atoms with E-state index in [1.54, 1.807) is 0 Å². The van der Waals surface area contributed by atoms with Crippen molar-refractivity contribution in [2.45, 2.75) is 13.8 Å². The lowest BCUT2D eigenvalue weighted by molar-refractivity contribution is 1.08. The van der Waals surface area contributed by atoms with Gasteiger partial charge in [-0.2, -0.15) is 0 Å². The first-order chi connectivity index (χ1) is 8.20. The number of aromatic nitrogens is 2. The molecular weight excluding hydrogens is 234 g/mol. The van der Waals surface area contributed by atoms with Gasteiger partial charge in [-0.05, 0) is 26.0 Å². The van der Waals surface area contributed by atoms with E-state index in [2.05, 4.69) is 15.3 Å². The molecule has 17 heavy (non-hydrogen) atoms. The van der Waals surface area contributed by atoms with Gasteiger partial charge >= 0.3 is 0 Å². The molecule has 1 aromatic heterocycles. The Morgan fingerprint density at radius 2 is 2.00 bits per heavy atom. The highest BCUT2D eigenvalue weighted by atomic mass is 35.5. The van der Waals surface area contributed by atoms with Crippen molar-refractivity contribution in [3.05, 3.63) is 41.0 Å². The highest BCUT2D eigenvalue weighted by Crippen LogP contribution is 2.25. The smallest absolute Gasteiger partial charge is 0.163 e. The van der Waals surface area contributed by atoms with Gasteiger partial charge in [-0.3, -0.25) is 0 Å². The van der Waals surface area contributed by atoms with Gasteiger partial charge in [-0.25, -0.2) is 9.97 Å². The zero-order valence-corrected chi connectivity index (χ0v) is 10.6. The molecule has 88 valence electrons. The number of halogens is 1. The molecule has 1 heterocycles. The summed E-state index contributed by atoms with van der Waals surface area (Å²) >= 11 is 6.14. The third-order valence-electron chi connectivity index (χ3n) is 2.33. The molecule has 1 N–H and O–H groups in total. The minimum Gasteiger partial charge on any atom is -0.370 e. The molecule has 3 nitrogen and oxygen atoms in total. The fraction of sp³-hybridized carbons (Fsp3) is 0.231. The summed E-state index contributed by atoms with van der Waals surface area (Å²) in [5, 5.41) is 3.85. The molecule has 4 heteroatoms. The topological polar surface area (TPSA) is 37.8 Å². The van der Waals surface area contributed by atoms with E-state index in [-0.39, 0.29) is 0 Å². The van der Waals surface area contributed by atoms with E-state index in [9.17, 15) is 0 Å². The van der Waals surface area contributed by atoms with Gasteiger partial charge in [-0.1, -0.05) is 23.7 Å². The standard InChI is InChI=1S/C13H14ClN3/c1-3-15-12-8-9(2)16-13(17-12)10-6-4-5-7-11(10)14/h4-8H,3H2,1-2H3,(H,15,16,17). The summed E-state index contributed by atoms with van der Waals surface area (Å²) < 4.78 is 0. The predicted molar refractivity (Wildman–Crippen MR) is 71.4 cm³/mol. The molecular formula is C13H14ClN3. The van der Waals surface area contributed by atoms with Crippen LogP contribution in [0, 0.1) is 6.92 Å². The van der Waals surface area contributed by atoms with Gasteiger partial charge in [0.05, 0.1) is 5.02 Å². The van der Waals surface area contributed by atoms with E-state index < -0.39 is 0 Å². The summed E-state index contributed by atoms with van der Waals surface area (Å²) in [6, 6.07) is 9.51. The molecule has 0 fully saturated rings. The first kappa shape index (κ1) is 11.9. The Kier molecular flexibility index (Phi) is 3.59. The molecule has 0 bridgehead atoms. The van der Waals surface area contributed by atoms with Crippen molar-refractivity contribution in [3.63, 3.8) is 0 Å². The van der Waals surface area contributed by atoms with Crippen LogP contribution in [-0.2, 0) is 0 Å². The summed E-state index contributed by atoms with van der Waals surface area (Å²) in [4.78, 5) is 8.86. The van der Waals surface area contributed by atoms with Gasteiger partial charge in [-0.15, -0.1) is 0 Å². The van der Waals surface area contributed by atoms with Crippen molar-refractivity contribution in [1.82, 2.24) is 9.97 Å². The first-order valence-corrected chi connectivity index (χ1v) is 5.93. The van der Waals surface area contributed by atoms with Crippen molar-refractivity contribution in [2.24, 2.45) is 0 Å². The molecule has 1 aromatic carbocycles. The van der Waals surface area contributed by atoms with Crippen LogP contribution in [0.5, 0.6) is 0 Å². The minimum atomic E-state index is 0.659. The molecule has 0 saturated carbocycles. The van der Waals surface area contributed by atoms with Crippen LogP contribution in [0.4, 0.5) is 5.82 Å². The Balaban J connectivity index is 2.48. The number of anilines is 1. The zero-order valence-electron chi connectivity index (χ0n) is 9.87. The van der Waals surface area contributed by atoms with Gasteiger partial charge in [0.25, 0.3) is 0 Å². The second-order valence-corrected chi connectivity index (χ2v) is 4.14. The Hall–Kier alpha value is -1.61. The molecule has 0 saturated heterocycles. The number of nitrogens with zero attached hydrogens (tertiary/aromatic N) is 2. The van der Waals surface area contributed by atoms with E-state index >= 15 is 0 Å². The predicted octanol–water partition coefficient (Wildman–Crippen LogP) is 3.54. The molecule has 0 unspecified atom stereocenters. The van der Waals surface area contributed by atoms with Gasteiger partial charge in [0.1, 0.15) is 5.82 Å². The number of aryl methyl sites for hydroxylation is 1. The SMILES string of the molecule is CCNc1cc(C)nc(-c2ccccc2Cl)n1. The summed E-state index contributed by atoms with van der Waals surface area (Å²) in [5.74, 6) is 1.49. The average Bonchev–Trinajstić information content (AvgIpc) is 2.29. The Labute approximate surface area is 106 Å². The maximum atomic E-state index is 6.14. The molecule has 0 spiro atoms. The fourth-order valence-corrected chi connectivity index (χ4v) is 1.82. The first-order valence-electron chi connectivity index (χ1n) is 5.55. The van der Waals surface area contributed by atoms with Crippen LogP contribution in [0.3, 0.4) is 0 Å². The summed E-state index contributed by atoms with van der Waals surface area (Å²) in [7, 11) is 0. The summed E-state index contributed by atoms with van der Waals surface area (Å²) in [5.41, 5.74) is 1.78. The molecule has 0 atom stereocenters. The molecule has 2 rings (SSSR count). The van der Waals surface area contributed by atoms with Crippen LogP contribution >= 0.6 is 11.6 Å². The lowest BCUT2D eigenvalue weighted by Crippen LogP contribution is -2.02. The minimum absolute atomic E-state index is 0.659. The second kappa shape index (κ2) is 5.15. The maximum absolute atomic E-state index is 6.14. The lowest BCUT2D eigenvalue weighted by Gasteiger charge is -2.07. The molecule has 0 aliphatic rings. The number of benzene rings is 1. The van der Waals surface area contributed by atoms with Gasteiger partial charge in [0.2, 0.25) is 0 Å². The summed E-state index contributed by atoms with van der Waals surface area (Å²) in [6.45, 7) is 4.81. The van der Waals surface area contributed by atoms with E-state index in [4.69, 9.17) is 11.6 Å². The largest absolute Gasteiger partial charge is 0.370 e. The van der Waals surface area contributed by atoms with E-state index in [0.717, 1.165) is 23.6 Å². The number of hydrogen-bond acceptors (Lipinski definition) is 3. The lowest BCUT2D eigenvalue weighted by atomic mass is 10.2. The second-order valence-electron chi connectivity index (χ2n) is 3.73. The van der Waals surface area contributed by atoms with E-state index in [1.165, 1.54) is 0 Å². The normalized spacial score (nSPS) is 10.3. The van der Waals surface area contributed by atoms with Crippen molar-refractivity contribution < 1.29 is 0 Å². The van der Waals surface area contributed by atoms with Gasteiger partial charge in [0, 0.05) is 23.9 Å². The van der Waals surface area contributed by atoms with Crippen molar-refractivity contribution >= 4 is 17.4 Å². The fourth-order valence-electron chi connectivity index (χ4n) is 1.60. The van der Waals surface area contributed by atoms with Crippen molar-refractivity contribution in [2.75, 3.05) is 11.9 Å². The summed E-state index contributed by atoms with van der Waals surface area (Å²) in [6.07, 6.45) is 0. The van der Waals surface area contributed by atoms with Crippen LogP contribution in [-0.4, -0.2) is 16.5 Å². The molecule has 0 aliphatic carbocycles. The third-order valence-corrected chi connectivity index (χ3v) is 2.66. The van der Waals surface area contributed by atoms with Gasteiger partial charge in [0.15, 0.2) is 5.82 Å². The maximum Gasteiger partial charge on any atom is 0.163 e. The highest BCUT2D eigenvalue weighted by Gasteiger charge is 2.07. The number of rotatable bonds is 3. The highest BCUT2D eigenvalue weighted by molar-refractivity contribution is 6.33. The van der Waals surface area contributed by atoms with Gasteiger partial charge < -0.3 is 5.32 Å². The Morgan fingerprint density at radius 1 is 1.24 bits per heavy atom. The van der Waals surface area contributed by atoms with E-state index in [0.29, 0.717) is 10.8 Å². The molecule has 0 aliphatic heterocycles. The molecule has 2 aromatic rings. The average molecular weight is 248 g/mol. The van der Waals surface area contributed by atoms with Crippen LogP contribution in [0.25, 0.3) is 11.4 Å². The molecule has 0 radical (unpaired) electrons. The van der Waals surface area contributed by atoms with Crippen LogP contribution in [0.2, 0.25) is 5.02 Å². The Bertz CT molecular complexity index is 526. The third kappa shape index (κ3) is 2.74. The quantitative estimate of drug-likeness (QED) is 0.902. The van der Waals surface area contributed by atoms with Crippen LogP contribution in [0.15, 0.2) is 30.3 Å². The number of hydrogen-bond donors (Lipinski definition) is 1. The Morgan fingerprint density at radius 3 is 2.71 bits per heavy atom. The zero-order chi connectivity index (χ0) is 12.3. The van der Waals surface area contributed by atoms with E-state index in [1.807, 2.05) is 44.2 Å². The van der Waals surface area contributed by atoms with Crippen molar-refractivity contribution in [1.29, 1.82) is 0 Å². The van der Waals surface area contributed by atoms with Crippen LogP contribution in [0.1, 0.15) is 12.6 Å². The van der Waals surface area contributed by atoms with Crippen LogP contribution < -0.4 is 5.32 Å². The van der Waals surface area contributed by atoms with Crippen molar-refractivity contribution in [3.8, 4) is 11.4 Å². The number of nitrogens with one attached hydrogen (secondary N) is 1.